The van der Waals surface area contributed by atoms with E-state index in [1.165, 1.54) is 6.07 Å². The van der Waals surface area contributed by atoms with Gasteiger partial charge in [0.2, 0.25) is 5.91 Å². The molecule has 1 aliphatic heterocycles. The third kappa shape index (κ3) is 4.84. The normalized spacial score (nSPS) is 15.2. The van der Waals surface area contributed by atoms with Gasteiger partial charge in [-0.3, -0.25) is 4.79 Å². The Labute approximate surface area is 170 Å². The maximum absolute atomic E-state index is 14.0. The number of hydrogen-bond donors (Lipinski definition) is 4. The van der Waals surface area contributed by atoms with Gasteiger partial charge >= 0.3 is 11.9 Å². The largest absolute Gasteiger partial charge is 0.479 e. The lowest BCUT2D eigenvalue weighted by Gasteiger charge is -2.27. The minimum atomic E-state index is -1.42. The van der Waals surface area contributed by atoms with Crippen LogP contribution in [0, 0.1) is 5.82 Å². The van der Waals surface area contributed by atoms with Crippen molar-refractivity contribution in [3.8, 4) is 17.2 Å². The van der Waals surface area contributed by atoms with Crippen LogP contribution in [0.1, 0.15) is 33.9 Å². The Morgan fingerprint density at radius 2 is 1.93 bits per heavy atom. The number of nitrogens with one attached hydrogen (secondary N) is 1. The molecule has 0 saturated heterocycles. The molecular formula is C20H19FN2O7. The van der Waals surface area contributed by atoms with Gasteiger partial charge in [-0.15, -0.1) is 0 Å². The highest BCUT2D eigenvalue weighted by atomic mass is 19.1. The number of hydrogen-bond acceptors (Lipinski definition) is 6. The first-order valence-corrected chi connectivity index (χ1v) is 8.98. The lowest BCUT2D eigenvalue weighted by Crippen LogP contribution is -2.33. The number of aromatic carboxylic acids is 1. The number of carboxylic acids is 2. The van der Waals surface area contributed by atoms with Crippen LogP contribution in [0.4, 0.5) is 4.39 Å². The Bertz CT molecular complexity index is 1010. The van der Waals surface area contributed by atoms with Crippen LogP contribution in [-0.4, -0.2) is 41.2 Å². The number of primary amides is 1. The van der Waals surface area contributed by atoms with E-state index in [1.54, 1.807) is 12.1 Å². The second kappa shape index (κ2) is 8.78. The number of benzene rings is 2. The van der Waals surface area contributed by atoms with Gasteiger partial charge in [-0.25, -0.2) is 14.0 Å². The SMILES string of the molecule is NC(=O)CC1NCCc2cc(OCC(=O)O)c(Oc3ccc(C(=O)O)c(F)c3)cc21. The number of ether oxygens (including phenoxy) is 2. The lowest BCUT2D eigenvalue weighted by molar-refractivity contribution is -0.139. The van der Waals surface area contributed by atoms with Gasteiger partial charge in [-0.05, 0) is 48.4 Å². The molecule has 5 N–H and O–H groups in total. The van der Waals surface area contributed by atoms with E-state index >= 15 is 0 Å². The summed E-state index contributed by atoms with van der Waals surface area (Å²) in [6, 6.07) is 6.06. The summed E-state index contributed by atoms with van der Waals surface area (Å²) in [5, 5.41) is 21.0. The predicted octanol–water partition coefficient (Wildman–Crippen LogP) is 1.84. The summed E-state index contributed by atoms with van der Waals surface area (Å²) in [4.78, 5) is 33.3. The summed E-state index contributed by atoms with van der Waals surface area (Å²) in [5.41, 5.74) is 6.36. The molecule has 0 aromatic heterocycles. The van der Waals surface area contributed by atoms with Crippen LogP contribution in [-0.2, 0) is 16.0 Å². The summed E-state index contributed by atoms with van der Waals surface area (Å²) in [5.74, 6) is -3.89. The van der Waals surface area contributed by atoms with Crippen LogP contribution in [0.3, 0.4) is 0 Å². The fraction of sp³-hybridized carbons (Fsp3) is 0.250. The number of amides is 1. The number of aliphatic carboxylic acids is 1. The molecule has 1 aliphatic rings. The molecule has 0 fully saturated rings. The molecule has 3 rings (SSSR count). The first kappa shape index (κ1) is 21.1. The Kier molecular flexibility index (Phi) is 6.17. The molecule has 2 aromatic carbocycles. The van der Waals surface area contributed by atoms with Crippen molar-refractivity contribution in [2.24, 2.45) is 5.73 Å². The molecule has 0 spiro atoms. The smallest absolute Gasteiger partial charge is 0.341 e. The zero-order valence-corrected chi connectivity index (χ0v) is 15.7. The molecule has 158 valence electrons. The molecule has 30 heavy (non-hydrogen) atoms. The number of carboxylic acid groups (broad SMARTS) is 2. The fourth-order valence-corrected chi connectivity index (χ4v) is 3.22. The number of rotatable bonds is 8. The van der Waals surface area contributed by atoms with Crippen molar-refractivity contribution in [3.05, 3.63) is 52.8 Å². The van der Waals surface area contributed by atoms with E-state index in [0.717, 1.165) is 23.3 Å². The highest BCUT2D eigenvalue weighted by Crippen LogP contribution is 2.39. The Morgan fingerprint density at radius 1 is 1.17 bits per heavy atom. The van der Waals surface area contributed by atoms with Gasteiger partial charge in [-0.1, -0.05) is 0 Å². The molecular weight excluding hydrogens is 399 g/mol. The monoisotopic (exact) mass is 418 g/mol. The molecule has 1 atom stereocenters. The third-order valence-electron chi connectivity index (χ3n) is 4.52. The molecule has 1 unspecified atom stereocenters. The topological polar surface area (TPSA) is 148 Å². The first-order chi connectivity index (χ1) is 14.2. The van der Waals surface area contributed by atoms with E-state index in [1.807, 2.05) is 0 Å². The first-order valence-electron chi connectivity index (χ1n) is 8.98. The second-order valence-corrected chi connectivity index (χ2v) is 6.66. The number of carbonyl (C=O) groups excluding carboxylic acids is 1. The van der Waals surface area contributed by atoms with Gasteiger partial charge in [-0.2, -0.15) is 0 Å². The van der Waals surface area contributed by atoms with Crippen LogP contribution >= 0.6 is 0 Å². The van der Waals surface area contributed by atoms with Crippen molar-refractivity contribution in [2.45, 2.75) is 18.9 Å². The van der Waals surface area contributed by atoms with Crippen LogP contribution in [0.5, 0.6) is 17.2 Å². The number of halogens is 1. The van der Waals surface area contributed by atoms with Crippen LogP contribution in [0.25, 0.3) is 0 Å². The van der Waals surface area contributed by atoms with Gasteiger partial charge in [0, 0.05) is 18.5 Å². The van der Waals surface area contributed by atoms with E-state index in [4.69, 9.17) is 25.4 Å². The number of carbonyl (C=O) groups is 3. The van der Waals surface area contributed by atoms with Crippen molar-refractivity contribution in [2.75, 3.05) is 13.2 Å². The Hall–Kier alpha value is -3.66. The maximum Gasteiger partial charge on any atom is 0.341 e. The van der Waals surface area contributed by atoms with Crippen molar-refractivity contribution < 1.29 is 38.5 Å². The molecule has 2 aromatic rings. The average molecular weight is 418 g/mol. The Balaban J connectivity index is 1.99. The summed E-state index contributed by atoms with van der Waals surface area (Å²) >= 11 is 0. The standard InChI is InChI=1S/C20H19FN2O7/c21-14-6-11(1-2-12(14)20(27)28)30-17-7-13-10(5-16(17)29-9-19(25)26)3-4-23-15(13)8-18(22)24/h1-2,5-7,15,23H,3-4,8-9H2,(H2,22,24)(H,25,26)(H,27,28). The molecule has 0 aliphatic carbocycles. The predicted molar refractivity (Wildman–Crippen MR) is 101 cm³/mol. The van der Waals surface area contributed by atoms with E-state index < -0.39 is 35.8 Å². The van der Waals surface area contributed by atoms with Crippen LogP contribution in [0.2, 0.25) is 0 Å². The molecule has 0 radical (unpaired) electrons. The maximum atomic E-state index is 14.0. The zero-order valence-electron chi connectivity index (χ0n) is 15.7. The second-order valence-electron chi connectivity index (χ2n) is 6.66. The minimum absolute atomic E-state index is 0.00663. The van der Waals surface area contributed by atoms with Gasteiger partial charge in [0.25, 0.3) is 0 Å². The third-order valence-corrected chi connectivity index (χ3v) is 4.52. The van der Waals surface area contributed by atoms with Gasteiger partial charge in [0.1, 0.15) is 11.6 Å². The molecule has 10 heteroatoms. The highest BCUT2D eigenvalue weighted by Gasteiger charge is 2.25. The lowest BCUT2D eigenvalue weighted by atomic mass is 9.91. The molecule has 0 bridgehead atoms. The van der Waals surface area contributed by atoms with Crippen molar-refractivity contribution >= 4 is 17.8 Å². The minimum Gasteiger partial charge on any atom is -0.479 e. The summed E-state index contributed by atoms with van der Waals surface area (Å²) in [7, 11) is 0. The van der Waals surface area contributed by atoms with Crippen molar-refractivity contribution in [1.82, 2.24) is 5.32 Å². The fourth-order valence-electron chi connectivity index (χ4n) is 3.22. The van der Waals surface area contributed by atoms with Crippen molar-refractivity contribution in [1.29, 1.82) is 0 Å². The molecule has 1 heterocycles. The van der Waals surface area contributed by atoms with Gasteiger partial charge in [0.05, 0.1) is 5.56 Å². The number of fused-ring (bicyclic) bond motifs is 1. The summed E-state index contributed by atoms with van der Waals surface area (Å²) in [6.07, 6.45) is 0.653. The van der Waals surface area contributed by atoms with Crippen LogP contribution in [0.15, 0.2) is 30.3 Å². The summed E-state index contributed by atoms with van der Waals surface area (Å²) < 4.78 is 25.0. The zero-order chi connectivity index (χ0) is 21.8. The molecule has 0 saturated carbocycles. The number of nitrogens with two attached hydrogens (primary N) is 1. The van der Waals surface area contributed by atoms with Crippen LogP contribution < -0.4 is 20.5 Å². The van der Waals surface area contributed by atoms with Gasteiger partial charge in [0.15, 0.2) is 18.1 Å². The van der Waals surface area contributed by atoms with E-state index in [9.17, 15) is 18.8 Å². The van der Waals surface area contributed by atoms with E-state index in [0.29, 0.717) is 13.0 Å². The average Bonchev–Trinajstić information content (AvgIpc) is 2.66. The summed E-state index contributed by atoms with van der Waals surface area (Å²) in [6.45, 7) is -0.0319. The highest BCUT2D eigenvalue weighted by molar-refractivity contribution is 5.88. The van der Waals surface area contributed by atoms with E-state index in [-0.39, 0.29) is 29.7 Å². The van der Waals surface area contributed by atoms with E-state index in [2.05, 4.69) is 5.32 Å². The molecule has 1 amide bonds. The molecule has 9 nitrogen and oxygen atoms in total. The van der Waals surface area contributed by atoms with Gasteiger partial charge < -0.3 is 30.7 Å². The Morgan fingerprint density at radius 3 is 2.57 bits per heavy atom. The quantitative estimate of drug-likeness (QED) is 0.508. The van der Waals surface area contributed by atoms with Crippen molar-refractivity contribution in [3.63, 3.8) is 0 Å².